The lowest BCUT2D eigenvalue weighted by molar-refractivity contribution is 0.299. The zero-order valence-corrected chi connectivity index (χ0v) is 9.92. The Bertz CT molecular complexity index is 324. The van der Waals surface area contributed by atoms with Crippen LogP contribution in [-0.4, -0.2) is 10.1 Å². The summed E-state index contributed by atoms with van der Waals surface area (Å²) < 4.78 is 5.37. The second kappa shape index (κ2) is 3.95. The maximum Gasteiger partial charge on any atom is 0.232 e. The van der Waals surface area contributed by atoms with Gasteiger partial charge in [0.2, 0.25) is 5.89 Å². The zero-order chi connectivity index (χ0) is 10.9. The van der Waals surface area contributed by atoms with Crippen LogP contribution in [0.25, 0.3) is 0 Å². The van der Waals surface area contributed by atoms with Crippen molar-refractivity contribution >= 4 is 0 Å². The van der Waals surface area contributed by atoms with E-state index in [2.05, 4.69) is 30.9 Å². The van der Waals surface area contributed by atoms with Crippen LogP contribution in [0.3, 0.4) is 0 Å². The molecule has 0 unspecified atom stereocenters. The van der Waals surface area contributed by atoms with Gasteiger partial charge in [0, 0.05) is 11.3 Å². The van der Waals surface area contributed by atoms with Crippen molar-refractivity contribution in [3.8, 4) is 0 Å². The minimum atomic E-state index is 0.0177. The van der Waals surface area contributed by atoms with Gasteiger partial charge < -0.3 is 4.52 Å². The van der Waals surface area contributed by atoms with Crippen molar-refractivity contribution in [2.24, 2.45) is 0 Å². The molecule has 0 aromatic carbocycles. The molecule has 0 aliphatic heterocycles. The van der Waals surface area contributed by atoms with Crippen molar-refractivity contribution in [2.45, 2.75) is 64.2 Å². The molecular formula is C12H20N2O. The maximum absolute atomic E-state index is 5.37. The first-order valence-corrected chi connectivity index (χ1v) is 5.97. The van der Waals surface area contributed by atoms with E-state index in [1.165, 1.54) is 25.7 Å². The largest absolute Gasteiger partial charge is 0.339 e. The summed E-state index contributed by atoms with van der Waals surface area (Å²) in [5.41, 5.74) is 0.0177. The second-order valence-electron chi connectivity index (χ2n) is 5.18. The molecule has 3 nitrogen and oxygen atoms in total. The van der Waals surface area contributed by atoms with Crippen molar-refractivity contribution in [3.63, 3.8) is 0 Å². The number of aromatic nitrogens is 2. The minimum absolute atomic E-state index is 0.0177. The van der Waals surface area contributed by atoms with E-state index in [4.69, 9.17) is 4.52 Å². The maximum atomic E-state index is 5.37. The Labute approximate surface area is 91.3 Å². The Morgan fingerprint density at radius 1 is 1.33 bits per heavy atom. The highest BCUT2D eigenvalue weighted by atomic mass is 16.5. The lowest BCUT2D eigenvalue weighted by atomic mass is 9.90. The molecule has 1 aromatic rings. The second-order valence-corrected chi connectivity index (χ2v) is 5.18. The van der Waals surface area contributed by atoms with Crippen molar-refractivity contribution in [2.75, 3.05) is 0 Å². The van der Waals surface area contributed by atoms with E-state index in [1.807, 2.05) is 0 Å². The van der Waals surface area contributed by atoms with Crippen molar-refractivity contribution < 1.29 is 4.52 Å². The van der Waals surface area contributed by atoms with E-state index >= 15 is 0 Å². The Kier molecular flexibility index (Phi) is 2.81. The van der Waals surface area contributed by atoms with E-state index in [0.717, 1.165) is 18.1 Å². The molecule has 0 atom stereocenters. The van der Waals surface area contributed by atoms with E-state index in [-0.39, 0.29) is 5.41 Å². The van der Waals surface area contributed by atoms with Gasteiger partial charge in [-0.25, -0.2) is 0 Å². The minimum Gasteiger partial charge on any atom is -0.339 e. The summed E-state index contributed by atoms with van der Waals surface area (Å²) in [5.74, 6) is 2.28. The third-order valence-electron chi connectivity index (χ3n) is 3.62. The molecule has 1 heterocycles. The van der Waals surface area contributed by atoms with Gasteiger partial charge in [-0.1, -0.05) is 38.8 Å². The SMILES string of the molecule is CCC(C)(C)c1nc(C2CCCC2)no1. The molecular weight excluding hydrogens is 188 g/mol. The summed E-state index contributed by atoms with van der Waals surface area (Å²) in [4.78, 5) is 4.56. The normalized spacial score (nSPS) is 18.6. The third-order valence-corrected chi connectivity index (χ3v) is 3.62. The summed E-state index contributed by atoms with van der Waals surface area (Å²) in [5, 5.41) is 4.13. The molecule has 1 aliphatic carbocycles. The topological polar surface area (TPSA) is 38.9 Å². The van der Waals surface area contributed by atoms with Crippen LogP contribution in [0, 0.1) is 0 Å². The van der Waals surface area contributed by atoms with Crippen LogP contribution in [0.4, 0.5) is 0 Å². The molecule has 1 saturated carbocycles. The molecule has 0 saturated heterocycles. The van der Waals surface area contributed by atoms with Gasteiger partial charge in [0.25, 0.3) is 0 Å². The average Bonchev–Trinajstić information content (AvgIpc) is 2.88. The highest BCUT2D eigenvalue weighted by molar-refractivity contribution is 5.04. The monoisotopic (exact) mass is 208 g/mol. The fourth-order valence-corrected chi connectivity index (χ4v) is 2.01. The fourth-order valence-electron chi connectivity index (χ4n) is 2.01. The summed E-state index contributed by atoms with van der Waals surface area (Å²) in [6.07, 6.45) is 6.10. The van der Waals surface area contributed by atoms with Gasteiger partial charge in [-0.15, -0.1) is 0 Å². The molecule has 0 spiro atoms. The average molecular weight is 208 g/mol. The van der Waals surface area contributed by atoms with Crippen LogP contribution in [0.2, 0.25) is 0 Å². The van der Waals surface area contributed by atoms with E-state index < -0.39 is 0 Å². The Morgan fingerprint density at radius 3 is 2.60 bits per heavy atom. The lowest BCUT2D eigenvalue weighted by Crippen LogP contribution is -2.16. The van der Waals surface area contributed by atoms with Crippen LogP contribution >= 0.6 is 0 Å². The molecule has 0 radical (unpaired) electrons. The van der Waals surface area contributed by atoms with E-state index in [1.54, 1.807) is 0 Å². The fraction of sp³-hybridized carbons (Fsp3) is 0.833. The van der Waals surface area contributed by atoms with Gasteiger partial charge in [0.1, 0.15) is 0 Å². The zero-order valence-electron chi connectivity index (χ0n) is 9.92. The molecule has 2 rings (SSSR count). The summed E-state index contributed by atoms with van der Waals surface area (Å²) in [6, 6.07) is 0. The lowest BCUT2D eigenvalue weighted by Gasteiger charge is -2.16. The van der Waals surface area contributed by atoms with Crippen LogP contribution in [0.15, 0.2) is 4.52 Å². The number of rotatable bonds is 3. The molecule has 0 bridgehead atoms. The third kappa shape index (κ3) is 2.06. The standard InChI is InChI=1S/C12H20N2O/c1-4-12(2,3)11-13-10(14-15-11)9-7-5-6-8-9/h9H,4-8H2,1-3H3. The first kappa shape index (κ1) is 10.7. The van der Waals surface area contributed by atoms with E-state index in [0.29, 0.717) is 5.92 Å². The number of nitrogens with zero attached hydrogens (tertiary/aromatic N) is 2. The number of hydrogen-bond donors (Lipinski definition) is 0. The molecule has 1 fully saturated rings. The first-order chi connectivity index (χ1) is 7.13. The smallest absolute Gasteiger partial charge is 0.232 e. The molecule has 1 aliphatic rings. The summed E-state index contributed by atoms with van der Waals surface area (Å²) >= 11 is 0. The van der Waals surface area contributed by atoms with Crippen molar-refractivity contribution in [1.29, 1.82) is 0 Å². The van der Waals surface area contributed by atoms with Crippen molar-refractivity contribution in [3.05, 3.63) is 11.7 Å². The Balaban J connectivity index is 2.16. The van der Waals surface area contributed by atoms with Gasteiger partial charge >= 0.3 is 0 Å². The molecule has 1 aromatic heterocycles. The quantitative estimate of drug-likeness (QED) is 0.764. The van der Waals surface area contributed by atoms with Crippen LogP contribution in [-0.2, 0) is 5.41 Å². The predicted molar refractivity (Wildman–Crippen MR) is 58.8 cm³/mol. The van der Waals surface area contributed by atoms with Gasteiger partial charge in [0.15, 0.2) is 5.82 Å². The first-order valence-electron chi connectivity index (χ1n) is 5.97. The number of hydrogen-bond acceptors (Lipinski definition) is 3. The van der Waals surface area contributed by atoms with Crippen LogP contribution < -0.4 is 0 Å². The molecule has 15 heavy (non-hydrogen) atoms. The van der Waals surface area contributed by atoms with Crippen LogP contribution in [0.1, 0.15) is 70.5 Å². The van der Waals surface area contributed by atoms with Gasteiger partial charge in [-0.2, -0.15) is 4.98 Å². The van der Waals surface area contributed by atoms with E-state index in [9.17, 15) is 0 Å². The molecule has 84 valence electrons. The highest BCUT2D eigenvalue weighted by Crippen LogP contribution is 2.34. The van der Waals surface area contributed by atoms with Crippen molar-refractivity contribution in [1.82, 2.24) is 10.1 Å². The Hall–Kier alpha value is -0.860. The Morgan fingerprint density at radius 2 is 2.00 bits per heavy atom. The molecule has 0 amide bonds. The van der Waals surface area contributed by atoms with Gasteiger partial charge in [0.05, 0.1) is 0 Å². The van der Waals surface area contributed by atoms with Gasteiger partial charge in [-0.3, -0.25) is 0 Å². The summed E-state index contributed by atoms with van der Waals surface area (Å²) in [7, 11) is 0. The van der Waals surface area contributed by atoms with Gasteiger partial charge in [-0.05, 0) is 19.3 Å². The molecule has 0 N–H and O–H groups in total. The molecule has 3 heteroatoms. The highest BCUT2D eigenvalue weighted by Gasteiger charge is 2.28. The van der Waals surface area contributed by atoms with Crippen LogP contribution in [0.5, 0.6) is 0 Å². The summed E-state index contributed by atoms with van der Waals surface area (Å²) in [6.45, 7) is 6.46. The predicted octanol–water partition coefficient (Wildman–Crippen LogP) is 3.41.